The van der Waals surface area contributed by atoms with Crippen molar-refractivity contribution in [2.24, 2.45) is 0 Å². The molecule has 0 fully saturated rings. The van der Waals surface area contributed by atoms with Crippen molar-refractivity contribution in [2.75, 3.05) is 0 Å². The fourth-order valence-corrected chi connectivity index (χ4v) is 0. The second kappa shape index (κ2) is 12.5. The predicted octanol–water partition coefficient (Wildman–Crippen LogP) is -2.12. The first-order valence-corrected chi connectivity index (χ1v) is 5.29. The van der Waals surface area contributed by atoms with Gasteiger partial charge >= 0.3 is 78.7 Å². The summed E-state index contributed by atoms with van der Waals surface area (Å²) in [5.74, 6) is 0. The molecule has 0 heterocycles. The van der Waals surface area contributed by atoms with Gasteiger partial charge in [0.05, 0.1) is 0 Å². The topological polar surface area (TPSA) is 129 Å². The summed E-state index contributed by atoms with van der Waals surface area (Å²) in [7, 11) is -8.64. The van der Waals surface area contributed by atoms with Crippen LogP contribution in [0.2, 0.25) is 0 Å². The van der Waals surface area contributed by atoms with Crippen molar-refractivity contribution in [1.82, 2.24) is 0 Å². The van der Waals surface area contributed by atoms with E-state index >= 15 is 0 Å². The number of hydrogen-bond donors (Lipinski definition) is 4. The summed E-state index contributed by atoms with van der Waals surface area (Å²) in [6, 6.07) is 0. The minimum absolute atomic E-state index is 0. The van der Waals surface area contributed by atoms with Gasteiger partial charge in [-0.15, -0.1) is 0 Å². The summed E-state index contributed by atoms with van der Waals surface area (Å²) in [5.41, 5.74) is 0. The van der Waals surface area contributed by atoms with E-state index in [-0.39, 0.29) is 72.6 Å². The monoisotopic (exact) mass is 294 g/mol. The van der Waals surface area contributed by atoms with Crippen LogP contribution in [0.3, 0.4) is 0 Å². The third kappa shape index (κ3) is 367. The van der Waals surface area contributed by atoms with Gasteiger partial charge < -0.3 is 0 Å². The Kier molecular flexibility index (Phi) is 28.5. The Hall–Kier alpha value is 2.48. The average molecular weight is 294 g/mol. The molecule has 13 heavy (non-hydrogen) atoms. The van der Waals surface area contributed by atoms with Crippen molar-refractivity contribution in [2.45, 2.75) is 0 Å². The molecule has 0 spiro atoms. The van der Waals surface area contributed by atoms with Gasteiger partial charge in [-0.3, -0.25) is 13.7 Å². The molecule has 0 aromatic rings. The Morgan fingerprint density at radius 1 is 0.846 bits per heavy atom. The zero-order chi connectivity index (χ0) is 9.00. The van der Waals surface area contributed by atoms with Gasteiger partial charge in [0.15, 0.2) is 0 Å². The average Bonchev–Trinajstić information content (AvgIpc) is 1.12. The second-order valence-electron chi connectivity index (χ2n) is 0.896. The summed E-state index contributed by atoms with van der Waals surface area (Å²) in [6.07, 6.45) is 0. The standard InChI is InChI=1S/2Na.H2O4S.H2O3S2.H2S.2H/c;;2*1-5(2,3)4;;;/h;;2*(H2,1,2,3,4);1H2;;. The zero-order valence-corrected chi connectivity index (χ0v) is 8.27. The molecule has 3 N–H and O–H groups in total. The van der Waals surface area contributed by atoms with Crippen LogP contribution >= 0.6 is 25.2 Å². The molecule has 0 radical (unpaired) electrons. The molecular formula is H8Na2O7S4. The van der Waals surface area contributed by atoms with Crippen LogP contribution in [0.1, 0.15) is 0 Å². The van der Waals surface area contributed by atoms with E-state index in [4.69, 9.17) is 30.5 Å². The first-order valence-electron chi connectivity index (χ1n) is 1.40. The van der Waals surface area contributed by atoms with E-state index in [9.17, 15) is 0 Å². The van der Waals surface area contributed by atoms with Crippen LogP contribution in [-0.4, -0.2) is 89.6 Å². The number of rotatable bonds is 0. The van der Waals surface area contributed by atoms with E-state index in [1.165, 1.54) is 0 Å². The van der Waals surface area contributed by atoms with Gasteiger partial charge in [-0.1, -0.05) is 0 Å². The van der Waals surface area contributed by atoms with Crippen molar-refractivity contribution < 1.29 is 30.5 Å². The molecule has 76 valence electrons. The Morgan fingerprint density at radius 3 is 0.846 bits per heavy atom. The molecule has 0 aromatic heterocycles. The molecule has 0 atom stereocenters. The zero-order valence-electron chi connectivity index (χ0n) is 4.74. The van der Waals surface area contributed by atoms with Crippen LogP contribution in [-0.2, 0) is 19.5 Å². The summed E-state index contributed by atoms with van der Waals surface area (Å²) >= 11 is 2.65. The molecular weight excluding hydrogens is 286 g/mol. The molecule has 0 saturated heterocycles. The predicted molar refractivity (Wildman–Crippen MR) is 59.4 cm³/mol. The van der Waals surface area contributed by atoms with Crippen molar-refractivity contribution in [3.63, 3.8) is 0 Å². The van der Waals surface area contributed by atoms with Gasteiger partial charge in [-0.25, -0.2) is 0 Å². The van der Waals surface area contributed by atoms with Crippen molar-refractivity contribution in [1.29, 1.82) is 0 Å². The van der Waals surface area contributed by atoms with Crippen LogP contribution in [0, 0.1) is 0 Å². The van der Waals surface area contributed by atoms with E-state index in [1.807, 2.05) is 0 Å². The van der Waals surface area contributed by atoms with Gasteiger partial charge in [0, 0.05) is 0 Å². The summed E-state index contributed by atoms with van der Waals surface area (Å²) in [5, 5.41) is 0. The van der Waals surface area contributed by atoms with Crippen molar-refractivity contribution >= 4 is 104 Å². The quantitative estimate of drug-likeness (QED) is 0.174. The fraction of sp³-hybridized carbons (Fsp3) is 0. The van der Waals surface area contributed by atoms with E-state index in [2.05, 4.69) is 11.7 Å². The van der Waals surface area contributed by atoms with Crippen LogP contribution in [0.25, 0.3) is 0 Å². The van der Waals surface area contributed by atoms with Crippen LogP contribution in [0.5, 0.6) is 0 Å². The normalized spacial score (nSPS) is 8.92. The SMILES string of the molecule is O=S(=O)(O)O.O=S(=O)(O)S.S.[NaH].[NaH]. The van der Waals surface area contributed by atoms with Gasteiger partial charge in [-0.05, 0) is 11.7 Å². The van der Waals surface area contributed by atoms with Crippen LogP contribution in [0.15, 0.2) is 0 Å². The first kappa shape index (κ1) is 29.6. The van der Waals surface area contributed by atoms with E-state index in [1.54, 1.807) is 0 Å². The van der Waals surface area contributed by atoms with Gasteiger partial charge in [0.1, 0.15) is 0 Å². The Morgan fingerprint density at radius 2 is 0.846 bits per heavy atom. The van der Waals surface area contributed by atoms with Crippen molar-refractivity contribution in [3.05, 3.63) is 0 Å². The molecule has 7 nitrogen and oxygen atoms in total. The Bertz CT molecular complexity index is 215. The van der Waals surface area contributed by atoms with Crippen LogP contribution < -0.4 is 0 Å². The Labute approximate surface area is 132 Å². The second-order valence-corrected chi connectivity index (χ2v) is 4.07. The third-order valence-corrected chi connectivity index (χ3v) is 0. The maximum absolute atomic E-state index is 9.05. The van der Waals surface area contributed by atoms with Gasteiger partial charge in [0.25, 0.3) is 0 Å². The first-order chi connectivity index (χ1) is 4.00. The molecule has 0 saturated carbocycles. The molecule has 0 aromatic carbocycles. The molecule has 0 aliphatic rings. The summed E-state index contributed by atoms with van der Waals surface area (Å²) in [4.78, 5) is 0. The molecule has 13 heteroatoms. The molecule has 0 unspecified atom stereocenters. The van der Waals surface area contributed by atoms with E-state index in [0.717, 1.165) is 0 Å². The van der Waals surface area contributed by atoms with E-state index in [0.29, 0.717) is 0 Å². The number of hydrogen-bond acceptors (Lipinski definition) is 4. The molecule has 0 bridgehead atoms. The van der Waals surface area contributed by atoms with Gasteiger partial charge in [-0.2, -0.15) is 30.3 Å². The molecule has 0 amide bonds. The Balaban J connectivity index is -0.0000000267. The van der Waals surface area contributed by atoms with Crippen molar-refractivity contribution in [3.8, 4) is 0 Å². The fourth-order valence-electron chi connectivity index (χ4n) is 0. The number of thiol groups is 1. The summed E-state index contributed by atoms with van der Waals surface area (Å²) in [6.45, 7) is 0. The third-order valence-electron chi connectivity index (χ3n) is 0. The molecule has 0 aliphatic heterocycles. The molecule has 0 rings (SSSR count). The molecule has 0 aliphatic carbocycles. The summed E-state index contributed by atoms with van der Waals surface area (Å²) < 4.78 is 57.0. The van der Waals surface area contributed by atoms with Gasteiger partial charge in [0.2, 0.25) is 0 Å². The minimum atomic E-state index is -4.67. The van der Waals surface area contributed by atoms with E-state index < -0.39 is 19.5 Å². The van der Waals surface area contributed by atoms with Crippen LogP contribution in [0.4, 0.5) is 0 Å². The maximum atomic E-state index is 9.05.